The van der Waals surface area contributed by atoms with Gasteiger partial charge in [0.25, 0.3) is 0 Å². The van der Waals surface area contributed by atoms with Crippen molar-refractivity contribution in [1.29, 1.82) is 0 Å². The van der Waals surface area contributed by atoms with Gasteiger partial charge in [0.1, 0.15) is 0 Å². The predicted octanol–water partition coefficient (Wildman–Crippen LogP) is 2.71. The summed E-state index contributed by atoms with van der Waals surface area (Å²) in [6, 6.07) is 3.18. The average molecular weight is 293 g/mol. The van der Waals surface area contributed by atoms with Crippen LogP contribution in [-0.4, -0.2) is 60.6 Å². The van der Waals surface area contributed by atoms with Crippen LogP contribution >= 0.6 is 0 Å². The topological polar surface area (TPSA) is 18.5 Å². The lowest BCUT2D eigenvalue weighted by molar-refractivity contribution is 0.00528. The van der Waals surface area contributed by atoms with Crippen molar-refractivity contribution in [2.75, 3.05) is 26.7 Å². The van der Waals surface area contributed by atoms with Gasteiger partial charge in [0.2, 0.25) is 0 Å². The van der Waals surface area contributed by atoms with E-state index in [0.717, 1.165) is 18.1 Å². The SMILES string of the molecule is CN1C2CCCC1CC(N1CCCNC(C(C)(C)C)C1)C2. The molecular formula is C18H35N3. The first kappa shape index (κ1) is 15.8. The van der Waals surface area contributed by atoms with Crippen LogP contribution in [0.25, 0.3) is 0 Å². The number of hydrogen-bond acceptors (Lipinski definition) is 3. The molecule has 0 aromatic carbocycles. The van der Waals surface area contributed by atoms with E-state index in [0.29, 0.717) is 11.5 Å². The number of rotatable bonds is 1. The van der Waals surface area contributed by atoms with Crippen molar-refractivity contribution >= 4 is 0 Å². The van der Waals surface area contributed by atoms with Crippen LogP contribution in [0.5, 0.6) is 0 Å². The smallest absolute Gasteiger partial charge is 0.0243 e. The first-order valence-electron chi connectivity index (χ1n) is 9.14. The molecule has 0 aromatic rings. The molecular weight excluding hydrogens is 258 g/mol. The number of nitrogens with one attached hydrogen (secondary N) is 1. The van der Waals surface area contributed by atoms with E-state index in [1.807, 2.05) is 0 Å². The van der Waals surface area contributed by atoms with Crippen LogP contribution in [0.15, 0.2) is 0 Å². The standard InChI is InChI=1S/C18H35N3/c1-18(2,3)17-13-21(10-6-9-19-17)16-11-14-7-5-8-15(12-16)20(14)4/h14-17,19H,5-13H2,1-4H3. The minimum Gasteiger partial charge on any atom is -0.312 e. The van der Waals surface area contributed by atoms with Crippen LogP contribution in [0, 0.1) is 5.41 Å². The van der Waals surface area contributed by atoms with E-state index >= 15 is 0 Å². The summed E-state index contributed by atoms with van der Waals surface area (Å²) in [5.74, 6) is 0. The van der Waals surface area contributed by atoms with Crippen molar-refractivity contribution in [1.82, 2.24) is 15.1 Å². The summed E-state index contributed by atoms with van der Waals surface area (Å²) in [7, 11) is 2.37. The molecule has 3 aliphatic rings. The molecule has 0 radical (unpaired) electrons. The number of nitrogens with zero attached hydrogens (tertiary/aromatic N) is 2. The van der Waals surface area contributed by atoms with Crippen LogP contribution in [0.3, 0.4) is 0 Å². The maximum atomic E-state index is 3.80. The van der Waals surface area contributed by atoms with Gasteiger partial charge in [-0.1, -0.05) is 27.2 Å². The first-order valence-corrected chi connectivity index (χ1v) is 9.14. The molecule has 3 fully saturated rings. The molecule has 3 rings (SSSR count). The van der Waals surface area contributed by atoms with Crippen molar-refractivity contribution in [2.45, 2.75) is 83.5 Å². The van der Waals surface area contributed by atoms with Gasteiger partial charge < -0.3 is 10.2 Å². The second-order valence-corrected chi connectivity index (χ2v) is 8.75. The van der Waals surface area contributed by atoms with Gasteiger partial charge in [0.15, 0.2) is 0 Å². The van der Waals surface area contributed by atoms with Gasteiger partial charge in [-0.25, -0.2) is 0 Å². The van der Waals surface area contributed by atoms with Gasteiger partial charge >= 0.3 is 0 Å². The van der Waals surface area contributed by atoms with Gasteiger partial charge in [0, 0.05) is 30.7 Å². The van der Waals surface area contributed by atoms with Crippen LogP contribution in [0.2, 0.25) is 0 Å². The molecule has 3 atom stereocenters. The fourth-order valence-corrected chi connectivity index (χ4v) is 4.75. The van der Waals surface area contributed by atoms with Crippen molar-refractivity contribution < 1.29 is 0 Å². The fraction of sp³-hybridized carbons (Fsp3) is 1.00. The molecule has 0 spiro atoms. The summed E-state index contributed by atoms with van der Waals surface area (Å²) in [5, 5.41) is 3.80. The minimum atomic E-state index is 0.365. The molecule has 21 heavy (non-hydrogen) atoms. The Bertz CT molecular complexity index is 335. The summed E-state index contributed by atoms with van der Waals surface area (Å²) in [6.07, 6.45) is 8.44. The Balaban J connectivity index is 1.68. The molecule has 3 saturated heterocycles. The highest BCUT2D eigenvalue weighted by Crippen LogP contribution is 2.35. The number of hydrogen-bond donors (Lipinski definition) is 1. The van der Waals surface area contributed by atoms with E-state index in [-0.39, 0.29) is 0 Å². The zero-order valence-corrected chi connectivity index (χ0v) is 14.6. The van der Waals surface area contributed by atoms with Crippen LogP contribution in [0.4, 0.5) is 0 Å². The second-order valence-electron chi connectivity index (χ2n) is 8.75. The number of fused-ring (bicyclic) bond motifs is 2. The Morgan fingerprint density at radius 2 is 1.62 bits per heavy atom. The molecule has 3 nitrogen and oxygen atoms in total. The van der Waals surface area contributed by atoms with Gasteiger partial charge in [0.05, 0.1) is 0 Å². The Morgan fingerprint density at radius 3 is 2.24 bits per heavy atom. The maximum absolute atomic E-state index is 3.80. The van der Waals surface area contributed by atoms with Gasteiger partial charge in [-0.05, 0) is 57.7 Å². The Hall–Kier alpha value is -0.120. The largest absolute Gasteiger partial charge is 0.312 e. The van der Waals surface area contributed by atoms with Crippen LogP contribution in [0.1, 0.15) is 59.3 Å². The Kier molecular flexibility index (Phi) is 4.63. The van der Waals surface area contributed by atoms with Crippen molar-refractivity contribution in [3.05, 3.63) is 0 Å². The fourth-order valence-electron chi connectivity index (χ4n) is 4.75. The highest BCUT2D eigenvalue weighted by Gasteiger charge is 2.39. The summed E-state index contributed by atoms with van der Waals surface area (Å²) in [4.78, 5) is 5.53. The molecule has 1 N–H and O–H groups in total. The molecule has 2 bridgehead atoms. The third-order valence-corrected chi connectivity index (χ3v) is 6.31. The molecule has 0 aromatic heterocycles. The van der Waals surface area contributed by atoms with E-state index in [1.165, 1.54) is 58.2 Å². The third-order valence-electron chi connectivity index (χ3n) is 6.31. The molecule has 122 valence electrons. The molecule has 3 unspecified atom stereocenters. The first-order chi connectivity index (χ1) is 9.95. The van der Waals surface area contributed by atoms with Crippen molar-refractivity contribution in [3.63, 3.8) is 0 Å². The molecule has 0 amide bonds. The Labute approximate surface area is 131 Å². The minimum absolute atomic E-state index is 0.365. The van der Waals surface area contributed by atoms with Gasteiger partial charge in [-0.15, -0.1) is 0 Å². The molecule has 3 heterocycles. The van der Waals surface area contributed by atoms with E-state index in [1.54, 1.807) is 0 Å². The van der Waals surface area contributed by atoms with Crippen LogP contribution in [-0.2, 0) is 0 Å². The highest BCUT2D eigenvalue weighted by atomic mass is 15.2. The van der Waals surface area contributed by atoms with E-state index in [9.17, 15) is 0 Å². The normalized spacial score (nSPS) is 40.0. The molecule has 0 aliphatic carbocycles. The summed E-state index contributed by atoms with van der Waals surface area (Å²) >= 11 is 0. The molecule has 0 saturated carbocycles. The lowest BCUT2D eigenvalue weighted by Crippen LogP contribution is -2.57. The average Bonchev–Trinajstić information content (AvgIpc) is 2.63. The zero-order chi connectivity index (χ0) is 15.0. The molecule has 3 heteroatoms. The predicted molar refractivity (Wildman–Crippen MR) is 89.6 cm³/mol. The summed E-state index contributed by atoms with van der Waals surface area (Å²) in [5.41, 5.74) is 0.365. The lowest BCUT2D eigenvalue weighted by Gasteiger charge is -2.50. The van der Waals surface area contributed by atoms with E-state index in [4.69, 9.17) is 0 Å². The van der Waals surface area contributed by atoms with Crippen LogP contribution < -0.4 is 5.32 Å². The number of piperidine rings is 2. The lowest BCUT2D eigenvalue weighted by atomic mass is 9.81. The quantitative estimate of drug-likeness (QED) is 0.802. The zero-order valence-electron chi connectivity index (χ0n) is 14.6. The maximum Gasteiger partial charge on any atom is 0.0243 e. The van der Waals surface area contributed by atoms with E-state index in [2.05, 4.69) is 42.9 Å². The summed E-state index contributed by atoms with van der Waals surface area (Å²) < 4.78 is 0. The third kappa shape index (κ3) is 3.46. The van der Waals surface area contributed by atoms with E-state index < -0.39 is 0 Å². The van der Waals surface area contributed by atoms with Gasteiger partial charge in [-0.3, -0.25) is 4.90 Å². The summed E-state index contributed by atoms with van der Waals surface area (Å²) in [6.45, 7) is 10.9. The second kappa shape index (κ2) is 6.17. The Morgan fingerprint density at radius 1 is 0.952 bits per heavy atom. The van der Waals surface area contributed by atoms with Gasteiger partial charge in [-0.2, -0.15) is 0 Å². The highest BCUT2D eigenvalue weighted by molar-refractivity contribution is 4.96. The van der Waals surface area contributed by atoms with Crippen molar-refractivity contribution in [3.8, 4) is 0 Å². The monoisotopic (exact) mass is 293 g/mol. The molecule has 3 aliphatic heterocycles. The van der Waals surface area contributed by atoms with Crippen molar-refractivity contribution in [2.24, 2.45) is 5.41 Å².